The zero-order valence-corrected chi connectivity index (χ0v) is 9.69. The predicted molar refractivity (Wildman–Crippen MR) is 66.5 cm³/mol. The molecule has 0 aliphatic heterocycles. The summed E-state index contributed by atoms with van der Waals surface area (Å²) in [5, 5.41) is 12.1. The molecule has 0 saturated carbocycles. The monoisotopic (exact) mass is 233 g/mol. The first-order chi connectivity index (χ1) is 8.19. The van der Waals surface area contributed by atoms with E-state index in [2.05, 4.69) is 11.2 Å². The molecular formula is C13H15NO3. The van der Waals surface area contributed by atoms with Gasteiger partial charge in [-0.15, -0.1) is 12.3 Å². The molecule has 1 rings (SSSR count). The van der Waals surface area contributed by atoms with E-state index < -0.39 is 5.97 Å². The van der Waals surface area contributed by atoms with Crippen LogP contribution in [-0.4, -0.2) is 24.7 Å². The van der Waals surface area contributed by atoms with Crippen molar-refractivity contribution >= 4 is 11.7 Å². The van der Waals surface area contributed by atoms with E-state index in [1.165, 1.54) is 13.2 Å². The Morgan fingerprint density at radius 3 is 2.94 bits per heavy atom. The Morgan fingerprint density at radius 2 is 2.35 bits per heavy atom. The Morgan fingerprint density at radius 1 is 1.59 bits per heavy atom. The second-order valence-electron chi connectivity index (χ2n) is 3.45. The van der Waals surface area contributed by atoms with Crippen LogP contribution in [0.5, 0.6) is 5.75 Å². The number of rotatable bonds is 6. The molecule has 0 saturated heterocycles. The second kappa shape index (κ2) is 6.44. The summed E-state index contributed by atoms with van der Waals surface area (Å²) in [5.41, 5.74) is 0.778. The van der Waals surface area contributed by atoms with E-state index >= 15 is 0 Å². The molecule has 0 bridgehead atoms. The van der Waals surface area contributed by atoms with Crippen molar-refractivity contribution in [2.45, 2.75) is 12.8 Å². The molecule has 4 heteroatoms. The molecule has 0 atom stereocenters. The van der Waals surface area contributed by atoms with Crippen molar-refractivity contribution in [1.82, 2.24) is 0 Å². The van der Waals surface area contributed by atoms with Gasteiger partial charge in [0.2, 0.25) is 0 Å². The van der Waals surface area contributed by atoms with Crippen LogP contribution in [0.25, 0.3) is 0 Å². The molecule has 0 heterocycles. The SMILES string of the molecule is C#CCCCNc1cc(OC)ccc1C(=O)O. The Balaban J connectivity index is 2.79. The smallest absolute Gasteiger partial charge is 0.337 e. The first kappa shape index (κ1) is 12.9. The Kier molecular flexibility index (Phi) is 4.89. The van der Waals surface area contributed by atoms with E-state index in [-0.39, 0.29) is 5.56 Å². The van der Waals surface area contributed by atoms with Crippen LogP contribution in [0.2, 0.25) is 0 Å². The summed E-state index contributed by atoms with van der Waals surface area (Å²) in [6, 6.07) is 4.81. The Bertz CT molecular complexity index is 435. The van der Waals surface area contributed by atoms with Crippen molar-refractivity contribution in [3.05, 3.63) is 23.8 Å². The highest BCUT2D eigenvalue weighted by Gasteiger charge is 2.10. The highest BCUT2D eigenvalue weighted by Crippen LogP contribution is 2.22. The molecule has 1 aromatic rings. The molecule has 0 aliphatic carbocycles. The predicted octanol–water partition coefficient (Wildman–Crippen LogP) is 2.22. The molecule has 0 amide bonds. The normalized spacial score (nSPS) is 9.41. The fourth-order valence-electron chi connectivity index (χ4n) is 1.40. The van der Waals surface area contributed by atoms with Crippen LogP contribution in [-0.2, 0) is 0 Å². The lowest BCUT2D eigenvalue weighted by atomic mass is 10.1. The summed E-state index contributed by atoms with van der Waals surface area (Å²) in [7, 11) is 1.54. The van der Waals surface area contributed by atoms with Crippen LogP contribution in [0.3, 0.4) is 0 Å². The lowest BCUT2D eigenvalue weighted by Crippen LogP contribution is -2.07. The molecule has 2 N–H and O–H groups in total. The number of ether oxygens (including phenoxy) is 1. The fourth-order valence-corrected chi connectivity index (χ4v) is 1.40. The number of methoxy groups -OCH3 is 1. The van der Waals surface area contributed by atoms with Crippen LogP contribution in [0.15, 0.2) is 18.2 Å². The van der Waals surface area contributed by atoms with E-state index in [0.717, 1.165) is 6.42 Å². The number of carboxylic acid groups (broad SMARTS) is 1. The van der Waals surface area contributed by atoms with Crippen LogP contribution in [0.4, 0.5) is 5.69 Å². The Labute approximate surface area is 101 Å². The van der Waals surface area contributed by atoms with Crippen LogP contribution in [0, 0.1) is 12.3 Å². The number of hydrogen-bond donors (Lipinski definition) is 2. The minimum atomic E-state index is -0.966. The first-order valence-corrected chi connectivity index (χ1v) is 5.27. The highest BCUT2D eigenvalue weighted by molar-refractivity contribution is 5.94. The van der Waals surface area contributed by atoms with E-state index in [0.29, 0.717) is 24.4 Å². The molecule has 0 unspecified atom stereocenters. The number of nitrogens with one attached hydrogen (secondary N) is 1. The standard InChI is InChI=1S/C13H15NO3/c1-3-4-5-8-14-12-9-10(17-2)6-7-11(12)13(15)16/h1,6-7,9,14H,4-5,8H2,2H3,(H,15,16). The molecule has 0 radical (unpaired) electrons. The van der Waals surface area contributed by atoms with Gasteiger partial charge in [-0.3, -0.25) is 0 Å². The van der Waals surface area contributed by atoms with Crippen molar-refractivity contribution in [1.29, 1.82) is 0 Å². The molecule has 0 aliphatic rings. The Hall–Kier alpha value is -2.15. The van der Waals surface area contributed by atoms with Crippen LogP contribution in [0.1, 0.15) is 23.2 Å². The van der Waals surface area contributed by atoms with E-state index in [1.807, 2.05) is 0 Å². The molecular weight excluding hydrogens is 218 g/mol. The largest absolute Gasteiger partial charge is 0.497 e. The maximum Gasteiger partial charge on any atom is 0.337 e. The third kappa shape index (κ3) is 3.72. The lowest BCUT2D eigenvalue weighted by molar-refractivity contribution is 0.0698. The summed E-state index contributed by atoms with van der Waals surface area (Å²) in [6.07, 6.45) is 6.60. The van der Waals surface area contributed by atoms with Gasteiger partial charge in [-0.05, 0) is 18.6 Å². The maximum absolute atomic E-state index is 11.0. The van der Waals surface area contributed by atoms with E-state index in [1.54, 1.807) is 12.1 Å². The quantitative estimate of drug-likeness (QED) is 0.584. The van der Waals surface area contributed by atoms with Crippen molar-refractivity contribution in [2.24, 2.45) is 0 Å². The van der Waals surface area contributed by atoms with Crippen molar-refractivity contribution in [3.8, 4) is 18.1 Å². The molecule has 17 heavy (non-hydrogen) atoms. The minimum Gasteiger partial charge on any atom is -0.497 e. The number of carbonyl (C=O) groups is 1. The molecule has 0 aromatic heterocycles. The summed E-state index contributed by atoms with van der Waals surface area (Å²) in [4.78, 5) is 11.0. The number of hydrogen-bond acceptors (Lipinski definition) is 3. The van der Waals surface area contributed by atoms with Gasteiger partial charge in [0.05, 0.1) is 18.4 Å². The second-order valence-corrected chi connectivity index (χ2v) is 3.45. The fraction of sp³-hybridized carbons (Fsp3) is 0.308. The van der Waals surface area contributed by atoms with Gasteiger partial charge >= 0.3 is 5.97 Å². The molecule has 0 spiro atoms. The van der Waals surface area contributed by atoms with Gasteiger partial charge in [0.25, 0.3) is 0 Å². The van der Waals surface area contributed by atoms with Gasteiger partial charge in [0, 0.05) is 19.0 Å². The molecule has 1 aromatic carbocycles. The first-order valence-electron chi connectivity index (χ1n) is 5.27. The van der Waals surface area contributed by atoms with Gasteiger partial charge in [-0.2, -0.15) is 0 Å². The van der Waals surface area contributed by atoms with Crippen LogP contribution >= 0.6 is 0 Å². The zero-order valence-electron chi connectivity index (χ0n) is 9.69. The number of aromatic carboxylic acids is 1. The summed E-state index contributed by atoms with van der Waals surface area (Å²) in [5.74, 6) is 2.19. The van der Waals surface area contributed by atoms with Gasteiger partial charge in [0.15, 0.2) is 0 Å². The van der Waals surface area contributed by atoms with Crippen LogP contribution < -0.4 is 10.1 Å². The molecule has 4 nitrogen and oxygen atoms in total. The molecule has 90 valence electrons. The topological polar surface area (TPSA) is 58.6 Å². The summed E-state index contributed by atoms with van der Waals surface area (Å²) < 4.78 is 5.05. The zero-order chi connectivity index (χ0) is 12.7. The average molecular weight is 233 g/mol. The van der Waals surface area contributed by atoms with E-state index in [4.69, 9.17) is 16.3 Å². The van der Waals surface area contributed by atoms with Gasteiger partial charge < -0.3 is 15.2 Å². The number of anilines is 1. The number of terminal acetylenes is 1. The maximum atomic E-state index is 11.0. The number of unbranched alkanes of at least 4 members (excludes halogenated alkanes) is 1. The van der Waals surface area contributed by atoms with E-state index in [9.17, 15) is 4.79 Å². The van der Waals surface area contributed by atoms with Gasteiger partial charge in [-0.25, -0.2) is 4.79 Å². The van der Waals surface area contributed by atoms with Crippen molar-refractivity contribution < 1.29 is 14.6 Å². The minimum absolute atomic E-state index is 0.228. The third-order valence-corrected chi connectivity index (χ3v) is 2.27. The number of carboxylic acids is 1. The summed E-state index contributed by atoms with van der Waals surface area (Å²) >= 11 is 0. The highest BCUT2D eigenvalue weighted by atomic mass is 16.5. The molecule has 0 fully saturated rings. The van der Waals surface area contributed by atoms with Gasteiger partial charge in [-0.1, -0.05) is 0 Å². The summed E-state index contributed by atoms with van der Waals surface area (Å²) in [6.45, 7) is 0.637. The van der Waals surface area contributed by atoms with Crippen molar-refractivity contribution in [2.75, 3.05) is 19.0 Å². The number of benzene rings is 1. The lowest BCUT2D eigenvalue weighted by Gasteiger charge is -2.10. The van der Waals surface area contributed by atoms with Crippen molar-refractivity contribution in [3.63, 3.8) is 0 Å². The van der Waals surface area contributed by atoms with Gasteiger partial charge in [0.1, 0.15) is 5.75 Å². The average Bonchev–Trinajstić information content (AvgIpc) is 2.34. The third-order valence-electron chi connectivity index (χ3n) is 2.27.